The summed E-state index contributed by atoms with van der Waals surface area (Å²) in [5.41, 5.74) is 11.1. The molecule has 0 amide bonds. The monoisotopic (exact) mass is 360 g/mol. The van der Waals surface area contributed by atoms with Crippen LogP contribution < -0.4 is 5.73 Å². The number of ether oxygens (including phenoxy) is 1. The molecule has 1 aromatic heterocycles. The molecule has 0 aliphatic heterocycles. The first kappa shape index (κ1) is 19.5. The molecule has 0 fully saturated rings. The van der Waals surface area contributed by atoms with Crippen molar-refractivity contribution in [2.24, 2.45) is 0 Å². The van der Waals surface area contributed by atoms with Crippen molar-refractivity contribution in [3.05, 3.63) is 39.8 Å². The van der Waals surface area contributed by atoms with Gasteiger partial charge in [0.15, 0.2) is 0 Å². The van der Waals surface area contributed by atoms with Gasteiger partial charge in [0.05, 0.1) is 6.61 Å². The molecule has 136 valence electrons. The van der Waals surface area contributed by atoms with Gasteiger partial charge >= 0.3 is 5.97 Å². The quantitative estimate of drug-likeness (QED) is 0.731. The van der Waals surface area contributed by atoms with Crippen LogP contribution in [0.5, 0.6) is 0 Å². The van der Waals surface area contributed by atoms with E-state index in [4.69, 9.17) is 10.5 Å². The highest BCUT2D eigenvalue weighted by molar-refractivity contribution is 7.17. The molecule has 2 aromatic rings. The van der Waals surface area contributed by atoms with Gasteiger partial charge in [0.1, 0.15) is 10.6 Å². The second kappa shape index (κ2) is 8.50. The van der Waals surface area contributed by atoms with E-state index < -0.39 is 0 Å². The minimum absolute atomic E-state index is 0.338. The zero-order valence-electron chi connectivity index (χ0n) is 15.8. The van der Waals surface area contributed by atoms with E-state index in [1.807, 2.05) is 6.92 Å². The van der Waals surface area contributed by atoms with Crippen molar-refractivity contribution in [2.75, 3.05) is 25.4 Å². The lowest BCUT2D eigenvalue weighted by molar-refractivity contribution is 0.0529. The van der Waals surface area contributed by atoms with Gasteiger partial charge in [0.25, 0.3) is 0 Å². The Balaban J connectivity index is 2.62. The zero-order chi connectivity index (χ0) is 18.6. The predicted octanol–water partition coefficient (Wildman–Crippen LogP) is 4.63. The van der Waals surface area contributed by atoms with E-state index in [0.717, 1.165) is 35.6 Å². The van der Waals surface area contributed by atoms with Crippen molar-refractivity contribution >= 4 is 22.3 Å². The first-order valence-corrected chi connectivity index (χ1v) is 9.62. The summed E-state index contributed by atoms with van der Waals surface area (Å²) in [7, 11) is 0. The summed E-state index contributed by atoms with van der Waals surface area (Å²) in [6, 6.07) is 6.29. The SMILES string of the molecule is CCOC(=O)c1c(N)sc(CN(CC)CC)c1-c1ccc(C)c(C)c1. The molecule has 0 aliphatic rings. The Morgan fingerprint density at radius 3 is 2.40 bits per heavy atom. The van der Waals surface area contributed by atoms with Gasteiger partial charge in [0, 0.05) is 17.0 Å². The lowest BCUT2D eigenvalue weighted by Gasteiger charge is -2.18. The number of rotatable bonds is 7. The summed E-state index contributed by atoms with van der Waals surface area (Å²) < 4.78 is 5.27. The Bertz CT molecular complexity index is 748. The minimum atomic E-state index is -0.338. The number of esters is 1. The normalized spacial score (nSPS) is 11.1. The molecule has 2 N–H and O–H groups in total. The third kappa shape index (κ3) is 4.22. The molecular weight excluding hydrogens is 332 g/mol. The first-order valence-electron chi connectivity index (χ1n) is 8.81. The number of aryl methyl sites for hydroxylation is 2. The summed E-state index contributed by atoms with van der Waals surface area (Å²) in [4.78, 5) is 16.0. The van der Waals surface area contributed by atoms with Crippen LogP contribution in [0, 0.1) is 13.8 Å². The van der Waals surface area contributed by atoms with Crippen molar-refractivity contribution in [1.29, 1.82) is 0 Å². The molecule has 25 heavy (non-hydrogen) atoms. The van der Waals surface area contributed by atoms with Gasteiger partial charge in [-0.25, -0.2) is 4.79 Å². The molecule has 0 bridgehead atoms. The third-order valence-electron chi connectivity index (χ3n) is 4.55. The lowest BCUT2D eigenvalue weighted by Crippen LogP contribution is -2.22. The molecule has 0 saturated carbocycles. The average Bonchev–Trinajstić information content (AvgIpc) is 2.91. The largest absolute Gasteiger partial charge is 0.462 e. The first-order chi connectivity index (χ1) is 11.9. The summed E-state index contributed by atoms with van der Waals surface area (Å²) in [6.45, 7) is 13.3. The highest BCUT2D eigenvalue weighted by Gasteiger charge is 2.25. The molecule has 0 atom stereocenters. The predicted molar refractivity (Wildman–Crippen MR) is 106 cm³/mol. The van der Waals surface area contributed by atoms with Gasteiger partial charge < -0.3 is 10.5 Å². The van der Waals surface area contributed by atoms with Crippen LogP contribution in [0.3, 0.4) is 0 Å². The minimum Gasteiger partial charge on any atom is -0.462 e. The molecule has 2 rings (SSSR count). The number of carbonyl (C=O) groups excluding carboxylic acids is 1. The van der Waals surface area contributed by atoms with Crippen molar-refractivity contribution in [1.82, 2.24) is 4.90 Å². The Hall–Kier alpha value is -1.85. The molecule has 4 nitrogen and oxygen atoms in total. The van der Waals surface area contributed by atoms with Crippen molar-refractivity contribution < 1.29 is 9.53 Å². The number of nitrogen functional groups attached to an aromatic ring is 1. The molecule has 5 heteroatoms. The average molecular weight is 361 g/mol. The number of nitrogens with zero attached hydrogens (tertiary/aromatic N) is 1. The highest BCUT2D eigenvalue weighted by Crippen LogP contribution is 2.40. The van der Waals surface area contributed by atoms with E-state index in [1.165, 1.54) is 22.5 Å². The Labute approximate surface area is 154 Å². The maximum absolute atomic E-state index is 12.5. The van der Waals surface area contributed by atoms with Crippen LogP contribution in [0.4, 0.5) is 5.00 Å². The topological polar surface area (TPSA) is 55.6 Å². The molecule has 1 heterocycles. The summed E-state index contributed by atoms with van der Waals surface area (Å²) in [5.74, 6) is -0.338. The van der Waals surface area contributed by atoms with Crippen LogP contribution >= 0.6 is 11.3 Å². The van der Waals surface area contributed by atoms with Gasteiger partial charge in [-0.05, 0) is 50.6 Å². The maximum Gasteiger partial charge on any atom is 0.341 e. The fourth-order valence-electron chi connectivity index (χ4n) is 2.87. The number of carbonyl (C=O) groups is 1. The lowest BCUT2D eigenvalue weighted by atomic mass is 9.97. The number of nitrogens with two attached hydrogens (primary N) is 1. The van der Waals surface area contributed by atoms with Crippen molar-refractivity contribution in [3.63, 3.8) is 0 Å². The van der Waals surface area contributed by atoms with Gasteiger partial charge in [-0.2, -0.15) is 0 Å². The molecule has 0 saturated heterocycles. The number of anilines is 1. The number of thiophene rings is 1. The van der Waals surface area contributed by atoms with E-state index >= 15 is 0 Å². The fourth-order valence-corrected chi connectivity index (χ4v) is 3.99. The molecule has 0 unspecified atom stereocenters. The second-order valence-electron chi connectivity index (χ2n) is 6.12. The van der Waals surface area contributed by atoms with Crippen LogP contribution in [0.15, 0.2) is 18.2 Å². The molecule has 0 radical (unpaired) electrons. The van der Waals surface area contributed by atoms with Crippen molar-refractivity contribution in [2.45, 2.75) is 41.2 Å². The second-order valence-corrected chi connectivity index (χ2v) is 7.26. The summed E-state index contributed by atoms with van der Waals surface area (Å²) in [6.07, 6.45) is 0. The summed E-state index contributed by atoms with van der Waals surface area (Å²) >= 11 is 1.49. The Kier molecular flexibility index (Phi) is 6.62. The van der Waals surface area contributed by atoms with E-state index in [9.17, 15) is 4.79 Å². The zero-order valence-corrected chi connectivity index (χ0v) is 16.6. The molecule has 0 spiro atoms. The standard InChI is InChI=1S/C20H28N2O2S/c1-6-22(7-2)12-16-17(15-10-9-13(4)14(5)11-15)18(19(21)25-16)20(23)24-8-3/h9-11H,6-8,12,21H2,1-5H3. The Morgan fingerprint density at radius 1 is 1.16 bits per heavy atom. The van der Waals surface area contributed by atoms with E-state index in [1.54, 1.807) is 0 Å². The highest BCUT2D eigenvalue weighted by atomic mass is 32.1. The number of benzene rings is 1. The third-order valence-corrected chi connectivity index (χ3v) is 5.55. The van der Waals surface area contributed by atoms with Gasteiger partial charge in [-0.1, -0.05) is 32.0 Å². The van der Waals surface area contributed by atoms with Crippen LogP contribution in [0.2, 0.25) is 0 Å². The molecule has 1 aromatic carbocycles. The van der Waals surface area contributed by atoms with E-state index in [2.05, 4.69) is 50.8 Å². The van der Waals surface area contributed by atoms with Crippen LogP contribution in [-0.4, -0.2) is 30.6 Å². The fraction of sp³-hybridized carbons (Fsp3) is 0.450. The smallest absolute Gasteiger partial charge is 0.341 e. The molecular formula is C20H28N2O2S. The molecule has 0 aliphatic carbocycles. The number of hydrogen-bond donors (Lipinski definition) is 1. The van der Waals surface area contributed by atoms with E-state index in [-0.39, 0.29) is 5.97 Å². The summed E-state index contributed by atoms with van der Waals surface area (Å²) in [5, 5.41) is 0.536. The van der Waals surface area contributed by atoms with Crippen LogP contribution in [0.25, 0.3) is 11.1 Å². The number of hydrogen-bond acceptors (Lipinski definition) is 5. The van der Waals surface area contributed by atoms with Crippen LogP contribution in [0.1, 0.15) is 47.1 Å². The van der Waals surface area contributed by atoms with E-state index in [0.29, 0.717) is 17.2 Å². The van der Waals surface area contributed by atoms with Gasteiger partial charge in [-0.3, -0.25) is 4.90 Å². The van der Waals surface area contributed by atoms with Crippen molar-refractivity contribution in [3.8, 4) is 11.1 Å². The van der Waals surface area contributed by atoms with Crippen LogP contribution in [-0.2, 0) is 11.3 Å². The van der Waals surface area contributed by atoms with Gasteiger partial charge in [0.2, 0.25) is 0 Å². The van der Waals surface area contributed by atoms with Gasteiger partial charge in [-0.15, -0.1) is 11.3 Å². The maximum atomic E-state index is 12.5. The Morgan fingerprint density at radius 2 is 1.84 bits per heavy atom.